The molecule has 18 nitrogen and oxygen atoms in total. The number of aliphatic hydroxyl groups is 1. The van der Waals surface area contributed by atoms with Gasteiger partial charge in [0.1, 0.15) is 0 Å². The second kappa shape index (κ2) is 11.6. The molecule has 0 aliphatic rings. The number of nitrogens with zero attached hydrogens (tertiary/aromatic N) is 4. The molecule has 0 spiro atoms. The van der Waals surface area contributed by atoms with Gasteiger partial charge < -0.3 is 24.5 Å². The van der Waals surface area contributed by atoms with Crippen LogP contribution in [0.4, 0.5) is 0 Å². The highest BCUT2D eigenvalue weighted by molar-refractivity contribution is 5.85. The number of Topliss-reactive ketones (excluding diaryl/α,β-unsaturated/α-hetero) is 1. The minimum Gasteiger partial charge on any atom is -0.394 e. The standard InChI is InChI=1S/C13H14N4O14/c18-7-10(28-14(20)21)12(30-16(24)25)13(31-17(26)27)11(29-15(22)23)9(19)6-8-4-2-1-3-5-8/h1-5,10-13,18H,6-7H2/t10-,11-,12+,13-/m1/s1/i6D/t6?,10-,11-,12+,13-. The third-order valence-corrected chi connectivity index (χ3v) is 3.39. The Balaban J connectivity index is 3.52. The first-order valence-corrected chi connectivity index (χ1v) is 7.84. The zero-order chi connectivity index (χ0) is 24.4. The minimum atomic E-state index is -2.76. The number of carbonyl (C=O) groups is 1. The summed E-state index contributed by atoms with van der Waals surface area (Å²) in [5, 5.41) is 46.1. The van der Waals surface area contributed by atoms with Crippen molar-refractivity contribution in [2.45, 2.75) is 30.8 Å². The highest BCUT2D eigenvalue weighted by Gasteiger charge is 2.46. The van der Waals surface area contributed by atoms with Crippen molar-refractivity contribution in [1.82, 2.24) is 0 Å². The molecule has 0 fully saturated rings. The summed E-state index contributed by atoms with van der Waals surface area (Å²) >= 11 is 0. The van der Waals surface area contributed by atoms with E-state index in [4.69, 9.17) is 1.37 Å². The SMILES string of the molecule is [2H]C(C(=O)[C@@H](O[N+](=O)[O-])[C@@H](O[N+](=O)[O-])[C@@H](O[N+](=O)[O-])[C@@H](CO)O[N+](=O)[O-])c1ccccc1. The molecule has 0 amide bonds. The lowest BCUT2D eigenvalue weighted by Crippen LogP contribution is -2.55. The van der Waals surface area contributed by atoms with E-state index in [0.29, 0.717) is 0 Å². The first-order valence-electron chi connectivity index (χ1n) is 8.42. The van der Waals surface area contributed by atoms with Gasteiger partial charge in [0.25, 0.3) is 20.3 Å². The van der Waals surface area contributed by atoms with Crippen LogP contribution in [-0.2, 0) is 30.5 Å². The highest BCUT2D eigenvalue weighted by atomic mass is 17.0. The van der Waals surface area contributed by atoms with Crippen LogP contribution in [0, 0.1) is 40.5 Å². The number of aliphatic hydroxyl groups excluding tert-OH is 1. The fourth-order valence-electron chi connectivity index (χ4n) is 2.30. The molecule has 170 valence electrons. The zero-order valence-electron chi connectivity index (χ0n) is 16.0. The Morgan fingerprint density at radius 3 is 1.81 bits per heavy atom. The van der Waals surface area contributed by atoms with E-state index < -0.39 is 63.5 Å². The number of carbonyl (C=O) groups excluding carboxylic acids is 1. The molecule has 1 rings (SSSR count). The van der Waals surface area contributed by atoms with Crippen molar-refractivity contribution in [1.29, 1.82) is 0 Å². The van der Waals surface area contributed by atoms with E-state index in [1.165, 1.54) is 30.3 Å². The number of ketones is 1. The van der Waals surface area contributed by atoms with E-state index in [0.717, 1.165) is 0 Å². The largest absolute Gasteiger partial charge is 0.394 e. The van der Waals surface area contributed by atoms with Gasteiger partial charge >= 0.3 is 0 Å². The lowest BCUT2D eigenvalue weighted by Gasteiger charge is -2.31. The van der Waals surface area contributed by atoms with Crippen molar-refractivity contribution >= 4 is 5.78 Å². The number of rotatable bonds is 15. The molecule has 0 aliphatic carbocycles. The quantitative estimate of drug-likeness (QED) is 0.251. The van der Waals surface area contributed by atoms with Gasteiger partial charge in [0.05, 0.1) is 6.61 Å². The smallest absolute Gasteiger partial charge is 0.295 e. The molecule has 1 aromatic rings. The molecule has 18 heteroatoms. The van der Waals surface area contributed by atoms with Gasteiger partial charge in [-0.3, -0.25) is 4.79 Å². The minimum absolute atomic E-state index is 0.0544. The summed E-state index contributed by atoms with van der Waals surface area (Å²) in [7, 11) is 0. The summed E-state index contributed by atoms with van der Waals surface area (Å²) in [6.07, 6.45) is -12.5. The first-order chi connectivity index (χ1) is 15.0. The Kier molecular flexibility index (Phi) is 8.58. The van der Waals surface area contributed by atoms with Gasteiger partial charge in [0, 0.05) is 7.77 Å². The number of hydrogen-bond acceptors (Lipinski definition) is 14. The fraction of sp³-hybridized carbons (Fsp3) is 0.462. The first kappa shape index (κ1) is 22.9. The molecule has 0 bridgehead atoms. The van der Waals surface area contributed by atoms with Crippen LogP contribution in [0.2, 0.25) is 0 Å². The molecular weight excluding hydrogens is 436 g/mol. The maximum Gasteiger partial charge on any atom is 0.295 e. The highest BCUT2D eigenvalue weighted by Crippen LogP contribution is 2.21. The van der Waals surface area contributed by atoms with Crippen LogP contribution in [0.25, 0.3) is 0 Å². The summed E-state index contributed by atoms with van der Waals surface area (Å²) in [4.78, 5) is 72.2. The molecule has 0 saturated heterocycles. The molecule has 0 aliphatic heterocycles. The van der Waals surface area contributed by atoms with Gasteiger partial charge in [-0.15, -0.1) is 40.5 Å². The molecule has 0 heterocycles. The van der Waals surface area contributed by atoms with Gasteiger partial charge in [-0.1, -0.05) is 30.3 Å². The third-order valence-electron chi connectivity index (χ3n) is 3.39. The average Bonchev–Trinajstić information content (AvgIpc) is 2.72. The monoisotopic (exact) mass is 451 g/mol. The third kappa shape index (κ3) is 8.27. The van der Waals surface area contributed by atoms with Crippen LogP contribution in [-0.4, -0.2) is 62.3 Å². The second-order valence-corrected chi connectivity index (χ2v) is 5.34. The molecule has 1 N–H and O–H groups in total. The van der Waals surface area contributed by atoms with Crippen molar-refractivity contribution in [3.05, 3.63) is 76.4 Å². The van der Waals surface area contributed by atoms with Crippen molar-refractivity contribution in [2.24, 2.45) is 0 Å². The Morgan fingerprint density at radius 2 is 1.35 bits per heavy atom. The number of hydrogen-bond donors (Lipinski definition) is 1. The Bertz CT molecular complexity index is 841. The van der Waals surface area contributed by atoms with Gasteiger partial charge in [-0.05, 0) is 5.56 Å². The molecular formula is C13H14N4O14. The Morgan fingerprint density at radius 1 is 0.871 bits per heavy atom. The van der Waals surface area contributed by atoms with Crippen LogP contribution in [0.3, 0.4) is 0 Å². The number of benzene rings is 1. The molecule has 0 radical (unpaired) electrons. The topological polar surface area (TPSA) is 247 Å². The van der Waals surface area contributed by atoms with E-state index in [9.17, 15) is 50.4 Å². The zero-order valence-corrected chi connectivity index (χ0v) is 15.0. The average molecular weight is 451 g/mol. The van der Waals surface area contributed by atoms with Crippen molar-refractivity contribution < 1.29 is 51.0 Å². The van der Waals surface area contributed by atoms with E-state index in [1.54, 1.807) is 0 Å². The van der Waals surface area contributed by atoms with E-state index in [1.807, 2.05) is 0 Å². The van der Waals surface area contributed by atoms with Crippen LogP contribution in [0.5, 0.6) is 0 Å². The lowest BCUT2D eigenvalue weighted by molar-refractivity contribution is -0.825. The van der Waals surface area contributed by atoms with Crippen molar-refractivity contribution in [3.8, 4) is 0 Å². The fourth-order valence-corrected chi connectivity index (χ4v) is 2.30. The summed E-state index contributed by atoms with van der Waals surface area (Å²) < 4.78 is 7.98. The maximum absolute atomic E-state index is 12.7. The van der Waals surface area contributed by atoms with Crippen LogP contribution < -0.4 is 0 Å². The second-order valence-electron chi connectivity index (χ2n) is 5.34. The van der Waals surface area contributed by atoms with E-state index in [2.05, 4.69) is 19.4 Å². The summed E-state index contributed by atoms with van der Waals surface area (Å²) in [5.74, 6) is -1.56. The van der Waals surface area contributed by atoms with Crippen LogP contribution in [0.1, 0.15) is 6.93 Å². The molecule has 1 aromatic carbocycles. The predicted octanol–water partition coefficient (Wildman–Crippen LogP) is -0.902. The van der Waals surface area contributed by atoms with Crippen LogP contribution >= 0.6 is 0 Å². The summed E-state index contributed by atoms with van der Waals surface area (Å²) in [5.41, 5.74) is -0.0544. The maximum atomic E-state index is 12.7. The summed E-state index contributed by atoms with van der Waals surface area (Å²) in [6.45, 7) is -1.45. The van der Waals surface area contributed by atoms with Gasteiger partial charge in [-0.25, -0.2) is 0 Å². The molecule has 1 unspecified atom stereocenters. The molecule has 31 heavy (non-hydrogen) atoms. The van der Waals surface area contributed by atoms with E-state index in [-0.39, 0.29) is 5.56 Å². The van der Waals surface area contributed by atoms with Crippen molar-refractivity contribution in [3.63, 3.8) is 0 Å². The van der Waals surface area contributed by atoms with Gasteiger partial charge in [0.2, 0.25) is 0 Å². The molecule has 0 saturated carbocycles. The predicted molar refractivity (Wildman–Crippen MR) is 89.7 cm³/mol. The normalized spacial score (nSPS) is 15.7. The summed E-state index contributed by atoms with van der Waals surface area (Å²) in [6, 6.07) is 6.79. The molecule has 5 atom stereocenters. The Hall–Kier alpha value is -4.35. The van der Waals surface area contributed by atoms with Gasteiger partial charge in [-0.2, -0.15) is 0 Å². The van der Waals surface area contributed by atoms with Gasteiger partial charge in [0.15, 0.2) is 30.2 Å². The lowest BCUT2D eigenvalue weighted by atomic mass is 9.96. The molecule has 0 aromatic heterocycles. The Labute approximate surface area is 171 Å². The van der Waals surface area contributed by atoms with Crippen molar-refractivity contribution in [2.75, 3.05) is 6.61 Å². The van der Waals surface area contributed by atoms with Crippen LogP contribution in [0.15, 0.2) is 30.3 Å². The van der Waals surface area contributed by atoms with E-state index >= 15 is 0 Å².